The molecule has 2 rings (SSSR count). The number of carboxylic acids is 1. The summed E-state index contributed by atoms with van der Waals surface area (Å²) in [5.41, 5.74) is 0.447. The summed E-state index contributed by atoms with van der Waals surface area (Å²) in [6, 6.07) is 3.65. The molecule has 1 aromatic rings. The Kier molecular flexibility index (Phi) is 4.14. The number of nitriles is 1. The third-order valence-corrected chi connectivity index (χ3v) is 3.86. The first-order valence-electron chi connectivity index (χ1n) is 5.82. The smallest absolute Gasteiger partial charge is 0.307 e. The molecule has 1 saturated heterocycles. The number of nitrogens with one attached hydrogen (secondary N) is 1. The molecular formula is C12H13N3O3S. The van der Waals surface area contributed by atoms with Gasteiger partial charge in [0.05, 0.1) is 18.0 Å². The van der Waals surface area contributed by atoms with Crippen molar-refractivity contribution in [1.82, 2.24) is 4.90 Å². The predicted molar refractivity (Wildman–Crippen MR) is 69.8 cm³/mol. The summed E-state index contributed by atoms with van der Waals surface area (Å²) in [5.74, 6) is -1.41. The molecule has 0 radical (unpaired) electrons. The maximum Gasteiger partial charge on any atom is 0.307 e. The van der Waals surface area contributed by atoms with E-state index in [1.807, 2.05) is 11.0 Å². The number of carboxylic acid groups (broad SMARTS) is 1. The number of carbonyl (C=O) groups is 2. The molecule has 0 saturated carbocycles. The number of thiophene rings is 1. The average molecular weight is 279 g/mol. The van der Waals surface area contributed by atoms with Crippen molar-refractivity contribution in [2.24, 2.45) is 5.92 Å². The Morgan fingerprint density at radius 1 is 1.63 bits per heavy atom. The third kappa shape index (κ3) is 3.30. The molecule has 0 bridgehead atoms. The first kappa shape index (κ1) is 13.5. The highest BCUT2D eigenvalue weighted by Crippen LogP contribution is 2.22. The number of likely N-dealkylation sites (tertiary alicyclic amines) is 1. The Bertz CT molecular complexity index is 535. The topological polar surface area (TPSA) is 93.4 Å². The molecule has 1 amide bonds. The summed E-state index contributed by atoms with van der Waals surface area (Å²) in [6.07, 6.45) is 0.574. The van der Waals surface area contributed by atoms with Crippen LogP contribution < -0.4 is 5.32 Å². The van der Waals surface area contributed by atoms with Crippen molar-refractivity contribution < 1.29 is 14.7 Å². The lowest BCUT2D eigenvalue weighted by Crippen LogP contribution is -2.32. The Morgan fingerprint density at radius 3 is 3.05 bits per heavy atom. The zero-order chi connectivity index (χ0) is 13.8. The van der Waals surface area contributed by atoms with Crippen LogP contribution in [0.5, 0.6) is 0 Å². The van der Waals surface area contributed by atoms with E-state index in [9.17, 15) is 9.59 Å². The van der Waals surface area contributed by atoms with E-state index >= 15 is 0 Å². The number of hydrogen-bond acceptors (Lipinski definition) is 5. The van der Waals surface area contributed by atoms with Gasteiger partial charge in [0.25, 0.3) is 0 Å². The van der Waals surface area contributed by atoms with Gasteiger partial charge in [0.2, 0.25) is 5.91 Å². The van der Waals surface area contributed by atoms with E-state index in [-0.39, 0.29) is 18.4 Å². The number of nitrogens with zero attached hydrogens (tertiary/aromatic N) is 2. The lowest BCUT2D eigenvalue weighted by Gasteiger charge is -2.14. The van der Waals surface area contributed by atoms with Crippen LogP contribution in [0, 0.1) is 17.2 Å². The van der Waals surface area contributed by atoms with Crippen molar-refractivity contribution in [2.75, 3.05) is 25.0 Å². The monoisotopic (exact) mass is 279 g/mol. The first-order chi connectivity index (χ1) is 9.10. The minimum Gasteiger partial charge on any atom is -0.481 e. The maximum absolute atomic E-state index is 11.8. The summed E-state index contributed by atoms with van der Waals surface area (Å²) in [5, 5.41) is 22.7. The van der Waals surface area contributed by atoms with Gasteiger partial charge in [0.15, 0.2) is 0 Å². The molecule has 1 atom stereocenters. The number of rotatable bonds is 4. The predicted octanol–water partition coefficient (Wildman–Crippen LogP) is 0.965. The lowest BCUT2D eigenvalue weighted by molar-refractivity contribution is -0.141. The van der Waals surface area contributed by atoms with Crippen LogP contribution in [-0.2, 0) is 9.59 Å². The second-order valence-electron chi connectivity index (χ2n) is 4.38. The Morgan fingerprint density at radius 2 is 2.42 bits per heavy atom. The fraction of sp³-hybridized carbons (Fsp3) is 0.417. The molecule has 1 aliphatic rings. The highest BCUT2D eigenvalue weighted by Gasteiger charge is 2.28. The Labute approximate surface area is 114 Å². The van der Waals surface area contributed by atoms with Gasteiger partial charge in [-0.1, -0.05) is 0 Å². The van der Waals surface area contributed by atoms with Crippen molar-refractivity contribution >= 4 is 28.2 Å². The van der Waals surface area contributed by atoms with Gasteiger partial charge in [-0.05, 0) is 24.4 Å². The molecule has 7 heteroatoms. The van der Waals surface area contributed by atoms with Gasteiger partial charge < -0.3 is 10.4 Å². The molecule has 2 heterocycles. The molecule has 19 heavy (non-hydrogen) atoms. The average Bonchev–Trinajstić information content (AvgIpc) is 2.97. The van der Waals surface area contributed by atoms with Gasteiger partial charge in [0, 0.05) is 6.54 Å². The minimum atomic E-state index is -0.812. The molecule has 1 aromatic heterocycles. The molecule has 6 nitrogen and oxygen atoms in total. The number of carbonyl (C=O) groups excluding carboxylic acids is 1. The van der Waals surface area contributed by atoms with Gasteiger partial charge in [0.1, 0.15) is 11.1 Å². The normalized spacial score (nSPS) is 19.0. The van der Waals surface area contributed by atoms with E-state index < -0.39 is 5.97 Å². The van der Waals surface area contributed by atoms with Crippen LogP contribution in [0.25, 0.3) is 0 Å². The Balaban J connectivity index is 1.86. The van der Waals surface area contributed by atoms with E-state index in [4.69, 9.17) is 10.4 Å². The second kappa shape index (κ2) is 5.82. The van der Waals surface area contributed by atoms with Crippen LogP contribution >= 0.6 is 11.3 Å². The van der Waals surface area contributed by atoms with Crippen LogP contribution in [0.2, 0.25) is 0 Å². The number of aliphatic carboxylic acids is 1. The highest BCUT2D eigenvalue weighted by molar-refractivity contribution is 7.14. The van der Waals surface area contributed by atoms with E-state index in [1.165, 1.54) is 11.3 Å². The van der Waals surface area contributed by atoms with Gasteiger partial charge in [-0.25, -0.2) is 0 Å². The summed E-state index contributed by atoms with van der Waals surface area (Å²) in [6.45, 7) is 1.17. The Hall–Kier alpha value is -1.91. The lowest BCUT2D eigenvalue weighted by atomic mass is 10.1. The zero-order valence-corrected chi connectivity index (χ0v) is 10.9. The molecule has 1 aliphatic heterocycles. The van der Waals surface area contributed by atoms with Crippen molar-refractivity contribution in [3.8, 4) is 6.07 Å². The largest absolute Gasteiger partial charge is 0.481 e. The van der Waals surface area contributed by atoms with E-state index in [0.29, 0.717) is 30.1 Å². The number of amides is 1. The van der Waals surface area contributed by atoms with Gasteiger partial charge >= 0.3 is 5.97 Å². The number of anilines is 1. The van der Waals surface area contributed by atoms with E-state index in [2.05, 4.69) is 5.32 Å². The summed E-state index contributed by atoms with van der Waals surface area (Å²) in [7, 11) is 0. The maximum atomic E-state index is 11.8. The van der Waals surface area contributed by atoms with Gasteiger partial charge in [-0.15, -0.1) is 11.3 Å². The minimum absolute atomic E-state index is 0.159. The molecule has 2 N–H and O–H groups in total. The van der Waals surface area contributed by atoms with E-state index in [0.717, 1.165) is 0 Å². The summed E-state index contributed by atoms with van der Waals surface area (Å²) < 4.78 is 0. The van der Waals surface area contributed by atoms with Crippen molar-refractivity contribution in [2.45, 2.75) is 6.42 Å². The fourth-order valence-electron chi connectivity index (χ4n) is 2.04. The van der Waals surface area contributed by atoms with Crippen molar-refractivity contribution in [1.29, 1.82) is 5.26 Å². The third-order valence-electron chi connectivity index (χ3n) is 3.03. The van der Waals surface area contributed by atoms with Crippen molar-refractivity contribution in [3.63, 3.8) is 0 Å². The number of hydrogen-bond donors (Lipinski definition) is 2. The second-order valence-corrected chi connectivity index (χ2v) is 5.30. The quantitative estimate of drug-likeness (QED) is 0.856. The van der Waals surface area contributed by atoms with Gasteiger partial charge in [-0.2, -0.15) is 5.26 Å². The fourth-order valence-corrected chi connectivity index (χ4v) is 2.79. The van der Waals surface area contributed by atoms with Crippen LogP contribution in [0.3, 0.4) is 0 Å². The molecule has 1 unspecified atom stereocenters. The molecule has 0 spiro atoms. The summed E-state index contributed by atoms with van der Waals surface area (Å²) >= 11 is 1.30. The highest BCUT2D eigenvalue weighted by atomic mass is 32.1. The SMILES string of the molecule is N#Cc1ccsc1NC(=O)CN1CCC(C(=O)O)C1. The van der Waals surface area contributed by atoms with Crippen LogP contribution in [0.15, 0.2) is 11.4 Å². The van der Waals surface area contributed by atoms with Crippen molar-refractivity contribution in [3.05, 3.63) is 17.0 Å². The summed E-state index contributed by atoms with van der Waals surface area (Å²) in [4.78, 5) is 24.4. The van der Waals surface area contributed by atoms with E-state index in [1.54, 1.807) is 11.4 Å². The van der Waals surface area contributed by atoms with Crippen LogP contribution in [0.4, 0.5) is 5.00 Å². The zero-order valence-electron chi connectivity index (χ0n) is 10.1. The molecule has 0 aromatic carbocycles. The standard InChI is InChI=1S/C12H13N3O3S/c13-5-8-2-4-19-11(8)14-10(16)7-15-3-1-9(6-15)12(17)18/h2,4,9H,1,3,6-7H2,(H,14,16)(H,17,18). The molecular weight excluding hydrogens is 266 g/mol. The van der Waals surface area contributed by atoms with Crippen LogP contribution in [-0.4, -0.2) is 41.5 Å². The first-order valence-corrected chi connectivity index (χ1v) is 6.70. The molecule has 1 fully saturated rings. The van der Waals surface area contributed by atoms with Crippen LogP contribution in [0.1, 0.15) is 12.0 Å². The van der Waals surface area contributed by atoms with Gasteiger partial charge in [-0.3, -0.25) is 14.5 Å². The molecule has 0 aliphatic carbocycles. The molecule has 100 valence electrons.